The van der Waals surface area contributed by atoms with Crippen LogP contribution >= 0.6 is 0 Å². The Morgan fingerprint density at radius 3 is 2.76 bits per heavy atom. The van der Waals surface area contributed by atoms with Gasteiger partial charge in [0.2, 0.25) is 0 Å². The fraction of sp³-hybridized carbons (Fsp3) is 0.0909. The molecule has 0 spiro atoms. The maximum absolute atomic E-state index is 9.03. The summed E-state index contributed by atoms with van der Waals surface area (Å²) in [6, 6.07) is 19.8. The van der Waals surface area contributed by atoms with Gasteiger partial charge in [0, 0.05) is 29.9 Å². The topological polar surface area (TPSA) is 93.2 Å². The molecular weight excluding hydrogens is 362 g/mol. The van der Waals surface area contributed by atoms with Crippen molar-refractivity contribution in [2.45, 2.75) is 13.0 Å². The molecule has 0 aliphatic carbocycles. The molecule has 0 fully saturated rings. The largest absolute Gasteiger partial charge is 0.256 e. The lowest BCUT2D eigenvalue weighted by molar-refractivity contribution is 0.663. The second kappa shape index (κ2) is 7.09. The Labute approximate surface area is 166 Å². The van der Waals surface area contributed by atoms with E-state index in [1.807, 2.05) is 47.1 Å². The Balaban J connectivity index is 1.46. The lowest BCUT2D eigenvalue weighted by Gasteiger charge is -2.05. The molecule has 0 saturated carbocycles. The van der Waals surface area contributed by atoms with Gasteiger partial charge in [-0.1, -0.05) is 17.3 Å². The highest BCUT2D eigenvalue weighted by molar-refractivity contribution is 5.79. The monoisotopic (exact) mass is 377 g/mol. The van der Waals surface area contributed by atoms with Crippen molar-refractivity contribution in [2.24, 2.45) is 0 Å². The highest BCUT2D eigenvalue weighted by Crippen LogP contribution is 2.17. The molecule has 0 radical (unpaired) electrons. The summed E-state index contributed by atoms with van der Waals surface area (Å²) in [5.74, 6) is 0. The first-order chi connectivity index (χ1) is 14.3. The fourth-order valence-corrected chi connectivity index (χ4v) is 3.35. The van der Waals surface area contributed by atoms with Crippen molar-refractivity contribution in [1.29, 1.82) is 5.26 Å². The molecule has 1 aromatic carbocycles. The van der Waals surface area contributed by atoms with Crippen LogP contribution in [0.1, 0.15) is 22.5 Å². The van der Waals surface area contributed by atoms with Gasteiger partial charge in [-0.3, -0.25) is 4.98 Å². The predicted octanol–water partition coefficient (Wildman–Crippen LogP) is 3.28. The van der Waals surface area contributed by atoms with Gasteiger partial charge in [0.1, 0.15) is 17.3 Å². The van der Waals surface area contributed by atoms with Gasteiger partial charge in [-0.05, 0) is 53.6 Å². The zero-order valence-corrected chi connectivity index (χ0v) is 15.4. The van der Waals surface area contributed by atoms with E-state index in [2.05, 4.69) is 32.4 Å². The number of nitrogens with zero attached hydrogens (tertiary/aromatic N) is 7. The van der Waals surface area contributed by atoms with Crippen LogP contribution in [0.2, 0.25) is 0 Å². The first-order valence-corrected chi connectivity index (χ1v) is 9.16. The Kier molecular flexibility index (Phi) is 4.15. The molecule has 0 atom stereocenters. The summed E-state index contributed by atoms with van der Waals surface area (Å²) in [5.41, 5.74) is 5.85. The van der Waals surface area contributed by atoms with E-state index in [0.717, 1.165) is 38.9 Å². The molecule has 0 unspecified atom stereocenters. The summed E-state index contributed by atoms with van der Waals surface area (Å²) in [6.45, 7) is 0.575. The molecule has 0 aliphatic heterocycles. The van der Waals surface area contributed by atoms with Crippen LogP contribution in [0.25, 0.3) is 22.1 Å². The highest BCUT2D eigenvalue weighted by atomic mass is 15.4. The summed E-state index contributed by atoms with van der Waals surface area (Å²) >= 11 is 0. The quantitative estimate of drug-likeness (QED) is 0.477. The first-order valence-electron chi connectivity index (χ1n) is 9.16. The molecule has 0 bridgehead atoms. The van der Waals surface area contributed by atoms with Crippen LogP contribution in [0.5, 0.6) is 0 Å². The smallest absolute Gasteiger partial charge is 0.179 e. The van der Waals surface area contributed by atoms with E-state index in [1.54, 1.807) is 18.5 Å². The molecule has 0 saturated heterocycles. The van der Waals surface area contributed by atoms with Gasteiger partial charge in [0.15, 0.2) is 5.65 Å². The van der Waals surface area contributed by atoms with Crippen LogP contribution < -0.4 is 0 Å². The van der Waals surface area contributed by atoms with Crippen molar-refractivity contribution in [3.8, 4) is 6.07 Å². The van der Waals surface area contributed by atoms with Crippen molar-refractivity contribution in [3.05, 3.63) is 89.5 Å². The van der Waals surface area contributed by atoms with Crippen molar-refractivity contribution < 1.29 is 0 Å². The van der Waals surface area contributed by atoms with Gasteiger partial charge in [0.25, 0.3) is 0 Å². The number of hydrogen-bond donors (Lipinski definition) is 0. The van der Waals surface area contributed by atoms with Crippen molar-refractivity contribution >= 4 is 22.1 Å². The molecule has 5 aromatic rings. The molecule has 29 heavy (non-hydrogen) atoms. The zero-order valence-electron chi connectivity index (χ0n) is 15.4. The summed E-state index contributed by atoms with van der Waals surface area (Å²) < 4.78 is 1.81. The third-order valence-corrected chi connectivity index (χ3v) is 4.74. The maximum atomic E-state index is 9.03. The van der Waals surface area contributed by atoms with E-state index >= 15 is 0 Å². The van der Waals surface area contributed by atoms with E-state index < -0.39 is 0 Å². The second-order valence-corrected chi connectivity index (χ2v) is 6.76. The van der Waals surface area contributed by atoms with E-state index in [-0.39, 0.29) is 0 Å². The van der Waals surface area contributed by atoms with Crippen LogP contribution in [0.3, 0.4) is 0 Å². The fourth-order valence-electron chi connectivity index (χ4n) is 3.35. The number of rotatable bonds is 4. The molecule has 4 aromatic heterocycles. The second-order valence-electron chi connectivity index (χ2n) is 6.76. The molecule has 4 heterocycles. The molecular formula is C22H15N7. The van der Waals surface area contributed by atoms with E-state index in [0.29, 0.717) is 18.7 Å². The highest BCUT2D eigenvalue weighted by Gasteiger charge is 2.09. The number of fused-ring (bicyclic) bond motifs is 2. The standard InChI is InChI=1S/C22H15N7/c23-13-19-12-15(7-9-24-19)11-18-4-6-21-22(26-18)29(28-27-21)14-16-3-5-20-17(10-16)2-1-8-25-20/h1-10,12H,11,14H2. The summed E-state index contributed by atoms with van der Waals surface area (Å²) in [6.07, 6.45) is 4.05. The Hall–Kier alpha value is -4.18. The minimum absolute atomic E-state index is 0.404. The van der Waals surface area contributed by atoms with Gasteiger partial charge in [-0.2, -0.15) is 5.26 Å². The predicted molar refractivity (Wildman–Crippen MR) is 108 cm³/mol. The molecule has 7 heteroatoms. The van der Waals surface area contributed by atoms with Crippen LogP contribution in [0.4, 0.5) is 0 Å². The first kappa shape index (κ1) is 17.0. The minimum Gasteiger partial charge on any atom is -0.256 e. The van der Waals surface area contributed by atoms with E-state index in [9.17, 15) is 0 Å². The Bertz CT molecular complexity index is 1380. The third-order valence-electron chi connectivity index (χ3n) is 4.74. The number of hydrogen-bond acceptors (Lipinski definition) is 6. The molecule has 0 amide bonds. The number of nitriles is 1. The lowest BCUT2D eigenvalue weighted by atomic mass is 10.1. The van der Waals surface area contributed by atoms with Gasteiger partial charge >= 0.3 is 0 Å². The molecule has 0 N–H and O–H groups in total. The molecule has 0 aliphatic rings. The maximum Gasteiger partial charge on any atom is 0.179 e. The van der Waals surface area contributed by atoms with Crippen LogP contribution in [-0.2, 0) is 13.0 Å². The SMILES string of the molecule is N#Cc1cc(Cc2ccc3nnn(Cc4ccc5ncccc5c4)c3n2)ccn1. The van der Waals surface area contributed by atoms with Gasteiger partial charge in [-0.25, -0.2) is 14.6 Å². The van der Waals surface area contributed by atoms with Crippen LogP contribution in [-0.4, -0.2) is 29.9 Å². The Morgan fingerprint density at radius 1 is 0.897 bits per heavy atom. The van der Waals surface area contributed by atoms with Crippen LogP contribution in [0.15, 0.2) is 67.0 Å². The number of aromatic nitrogens is 6. The summed E-state index contributed by atoms with van der Waals surface area (Å²) in [7, 11) is 0. The van der Waals surface area contributed by atoms with Crippen molar-refractivity contribution in [2.75, 3.05) is 0 Å². The third kappa shape index (κ3) is 3.39. The van der Waals surface area contributed by atoms with Gasteiger partial charge < -0.3 is 0 Å². The van der Waals surface area contributed by atoms with E-state index in [4.69, 9.17) is 10.2 Å². The molecule has 7 nitrogen and oxygen atoms in total. The number of benzene rings is 1. The van der Waals surface area contributed by atoms with Gasteiger partial charge in [0.05, 0.1) is 12.1 Å². The van der Waals surface area contributed by atoms with E-state index in [1.165, 1.54) is 0 Å². The van der Waals surface area contributed by atoms with Crippen molar-refractivity contribution in [3.63, 3.8) is 0 Å². The summed E-state index contributed by atoms with van der Waals surface area (Å²) in [4.78, 5) is 13.1. The van der Waals surface area contributed by atoms with Gasteiger partial charge in [-0.15, -0.1) is 5.10 Å². The molecule has 138 valence electrons. The average Bonchev–Trinajstić information content (AvgIpc) is 3.16. The minimum atomic E-state index is 0.404. The lowest BCUT2D eigenvalue weighted by Crippen LogP contribution is -2.04. The Morgan fingerprint density at radius 2 is 1.83 bits per heavy atom. The summed E-state index contributed by atoms with van der Waals surface area (Å²) in [5, 5.41) is 18.6. The van der Waals surface area contributed by atoms with Crippen LogP contribution in [0, 0.1) is 11.3 Å². The van der Waals surface area contributed by atoms with Crippen molar-refractivity contribution in [1.82, 2.24) is 29.9 Å². The molecule has 5 rings (SSSR count). The average molecular weight is 377 g/mol. The normalized spacial score (nSPS) is 11.0. The zero-order chi connectivity index (χ0) is 19.6. The number of pyridine rings is 3.